The van der Waals surface area contributed by atoms with Crippen LogP contribution >= 0.6 is 11.3 Å². The second-order valence-corrected chi connectivity index (χ2v) is 14.8. The summed E-state index contributed by atoms with van der Waals surface area (Å²) in [5, 5.41) is 5.14. The number of benzene rings is 9. The minimum Gasteiger partial charge on any atom is -0.310 e. The van der Waals surface area contributed by atoms with Crippen LogP contribution in [-0.4, -0.2) is 0 Å². The monoisotopic (exact) mass is 705 g/mol. The Morgan fingerprint density at radius 2 is 0.741 bits per heavy atom. The van der Waals surface area contributed by atoms with Crippen molar-refractivity contribution in [3.63, 3.8) is 0 Å². The van der Waals surface area contributed by atoms with Crippen LogP contribution in [0.2, 0.25) is 0 Å². The first kappa shape index (κ1) is 32.0. The van der Waals surface area contributed by atoms with Gasteiger partial charge in [0.2, 0.25) is 0 Å². The zero-order chi connectivity index (χ0) is 35.8. The smallest absolute Gasteiger partial charge is 0.0468 e. The van der Waals surface area contributed by atoms with Crippen LogP contribution in [0.15, 0.2) is 212 Å². The summed E-state index contributed by atoms with van der Waals surface area (Å²) < 4.78 is 2.62. The maximum atomic E-state index is 2.42. The summed E-state index contributed by atoms with van der Waals surface area (Å²) in [5.41, 5.74) is 13.2. The van der Waals surface area contributed by atoms with Crippen molar-refractivity contribution >= 4 is 59.3 Å². The number of para-hydroxylation sites is 2. The van der Waals surface area contributed by atoms with E-state index in [0.29, 0.717) is 0 Å². The van der Waals surface area contributed by atoms with Crippen LogP contribution in [0, 0.1) is 0 Å². The molecular weight excluding hydrogens is 671 g/mol. The number of hydrogen-bond donors (Lipinski definition) is 0. The minimum absolute atomic E-state index is 1.14. The Hall–Kier alpha value is -6.74. The second kappa shape index (κ2) is 13.7. The van der Waals surface area contributed by atoms with Crippen LogP contribution in [0.3, 0.4) is 0 Å². The fourth-order valence-electron chi connectivity index (χ4n) is 7.80. The fraction of sp³-hybridized carbons (Fsp3) is 0. The average Bonchev–Trinajstić information content (AvgIpc) is 3.63. The molecule has 0 N–H and O–H groups in total. The predicted molar refractivity (Wildman–Crippen MR) is 233 cm³/mol. The van der Waals surface area contributed by atoms with Gasteiger partial charge >= 0.3 is 0 Å². The maximum Gasteiger partial charge on any atom is 0.0468 e. The minimum atomic E-state index is 1.14. The molecule has 10 rings (SSSR count). The standard InChI is InChI=1S/C52H35NS/c1-5-15-36(16-6-1)40-31-41(37-17-7-2-8-18-37)33-42(32-40)38-25-27-39(28-26-38)48-35-50-49-34-45(29-30-51(49)54-52(50)47-24-14-13-23-46(47)48)53(43-19-9-3-10-20-43)44-21-11-4-12-22-44/h1-35H. The molecule has 1 heterocycles. The van der Waals surface area contributed by atoms with Gasteiger partial charge in [-0.25, -0.2) is 0 Å². The molecule has 0 atom stereocenters. The molecule has 0 radical (unpaired) electrons. The lowest BCUT2D eigenvalue weighted by Gasteiger charge is -2.25. The molecule has 0 bridgehead atoms. The molecule has 0 spiro atoms. The van der Waals surface area contributed by atoms with Crippen molar-refractivity contribution in [2.24, 2.45) is 0 Å². The summed E-state index contributed by atoms with van der Waals surface area (Å²) in [5.74, 6) is 0. The van der Waals surface area contributed by atoms with Crippen LogP contribution in [0.5, 0.6) is 0 Å². The molecule has 54 heavy (non-hydrogen) atoms. The van der Waals surface area contributed by atoms with Gasteiger partial charge in [-0.15, -0.1) is 11.3 Å². The van der Waals surface area contributed by atoms with E-state index in [2.05, 4.69) is 217 Å². The highest BCUT2D eigenvalue weighted by atomic mass is 32.1. The first-order valence-electron chi connectivity index (χ1n) is 18.4. The number of fused-ring (bicyclic) bond motifs is 5. The summed E-state index contributed by atoms with van der Waals surface area (Å²) in [6, 6.07) is 77.0. The third kappa shape index (κ3) is 5.84. The van der Waals surface area contributed by atoms with Gasteiger partial charge < -0.3 is 4.90 Å². The molecule has 10 aromatic rings. The molecule has 2 heteroatoms. The van der Waals surface area contributed by atoms with Crippen LogP contribution in [0.1, 0.15) is 0 Å². The lowest BCUT2D eigenvalue weighted by Crippen LogP contribution is -2.09. The molecule has 0 saturated carbocycles. The largest absolute Gasteiger partial charge is 0.310 e. The van der Waals surface area contributed by atoms with Crippen molar-refractivity contribution in [3.8, 4) is 44.5 Å². The van der Waals surface area contributed by atoms with Crippen molar-refractivity contribution in [3.05, 3.63) is 212 Å². The van der Waals surface area contributed by atoms with Gasteiger partial charge in [-0.3, -0.25) is 0 Å². The van der Waals surface area contributed by atoms with Crippen molar-refractivity contribution in [2.45, 2.75) is 0 Å². The lowest BCUT2D eigenvalue weighted by atomic mass is 9.91. The van der Waals surface area contributed by atoms with Crippen molar-refractivity contribution in [1.82, 2.24) is 0 Å². The molecule has 0 aliphatic heterocycles. The second-order valence-electron chi connectivity index (χ2n) is 13.7. The van der Waals surface area contributed by atoms with E-state index in [9.17, 15) is 0 Å². The van der Waals surface area contributed by atoms with Gasteiger partial charge in [0, 0.05) is 42.6 Å². The van der Waals surface area contributed by atoms with Gasteiger partial charge in [-0.1, -0.05) is 146 Å². The molecule has 1 nitrogen and oxygen atoms in total. The number of thiophene rings is 1. The summed E-state index contributed by atoms with van der Waals surface area (Å²) >= 11 is 1.89. The van der Waals surface area contributed by atoms with Gasteiger partial charge in [0.05, 0.1) is 0 Å². The topological polar surface area (TPSA) is 3.24 Å². The van der Waals surface area contributed by atoms with Gasteiger partial charge in [-0.2, -0.15) is 0 Å². The summed E-state index contributed by atoms with van der Waals surface area (Å²) in [4.78, 5) is 2.35. The van der Waals surface area contributed by atoms with E-state index in [-0.39, 0.29) is 0 Å². The van der Waals surface area contributed by atoms with Crippen LogP contribution < -0.4 is 4.90 Å². The number of nitrogens with zero attached hydrogens (tertiary/aromatic N) is 1. The molecule has 0 unspecified atom stereocenters. The number of anilines is 3. The summed E-state index contributed by atoms with van der Waals surface area (Å²) in [6.45, 7) is 0. The normalized spacial score (nSPS) is 11.3. The van der Waals surface area contributed by atoms with E-state index >= 15 is 0 Å². The van der Waals surface area contributed by atoms with Gasteiger partial charge in [-0.05, 0) is 117 Å². The van der Waals surface area contributed by atoms with Crippen molar-refractivity contribution in [1.29, 1.82) is 0 Å². The van der Waals surface area contributed by atoms with E-state index in [1.807, 2.05) is 11.3 Å². The third-order valence-electron chi connectivity index (χ3n) is 10.4. The molecule has 0 aliphatic carbocycles. The SMILES string of the molecule is c1ccc(-c2cc(-c3ccccc3)cc(-c3ccc(-c4cc5c6cc(N(c7ccccc7)c7ccccc7)ccc6sc5c5ccccc45)cc3)c2)cc1. The van der Waals surface area contributed by atoms with Crippen LogP contribution in [0.4, 0.5) is 17.1 Å². The molecule has 1 aromatic heterocycles. The first-order chi connectivity index (χ1) is 26.8. The summed E-state index contributed by atoms with van der Waals surface area (Å²) in [6.07, 6.45) is 0. The third-order valence-corrected chi connectivity index (χ3v) is 11.6. The highest BCUT2D eigenvalue weighted by Crippen LogP contribution is 2.45. The van der Waals surface area contributed by atoms with E-state index in [0.717, 1.165) is 17.1 Å². The molecule has 9 aromatic carbocycles. The number of rotatable bonds is 7. The Labute approximate surface area is 319 Å². The molecular formula is C52H35NS. The molecule has 0 amide bonds. The highest BCUT2D eigenvalue weighted by molar-refractivity contribution is 7.26. The average molecular weight is 706 g/mol. The molecule has 254 valence electrons. The first-order valence-corrected chi connectivity index (χ1v) is 19.2. The summed E-state index contributed by atoms with van der Waals surface area (Å²) in [7, 11) is 0. The zero-order valence-corrected chi connectivity index (χ0v) is 30.4. The van der Waals surface area contributed by atoms with E-state index < -0.39 is 0 Å². The predicted octanol–water partition coefficient (Wildman–Crippen LogP) is 15.3. The lowest BCUT2D eigenvalue weighted by molar-refractivity contribution is 1.29. The number of hydrogen-bond acceptors (Lipinski definition) is 2. The van der Waals surface area contributed by atoms with Gasteiger partial charge in [0.25, 0.3) is 0 Å². The van der Waals surface area contributed by atoms with Gasteiger partial charge in [0.15, 0.2) is 0 Å². The van der Waals surface area contributed by atoms with Crippen LogP contribution in [0.25, 0.3) is 75.5 Å². The Morgan fingerprint density at radius 1 is 0.278 bits per heavy atom. The Morgan fingerprint density at radius 3 is 1.30 bits per heavy atom. The molecule has 0 fully saturated rings. The van der Waals surface area contributed by atoms with Gasteiger partial charge in [0.1, 0.15) is 0 Å². The van der Waals surface area contributed by atoms with Crippen LogP contribution in [-0.2, 0) is 0 Å². The molecule has 0 saturated heterocycles. The Bertz CT molecular complexity index is 2800. The highest BCUT2D eigenvalue weighted by Gasteiger charge is 2.17. The fourth-order valence-corrected chi connectivity index (χ4v) is 9.00. The molecule has 0 aliphatic rings. The van der Waals surface area contributed by atoms with E-state index in [4.69, 9.17) is 0 Å². The Balaban J connectivity index is 1.10. The zero-order valence-electron chi connectivity index (χ0n) is 29.6. The van der Waals surface area contributed by atoms with Crippen molar-refractivity contribution in [2.75, 3.05) is 4.90 Å². The quantitative estimate of drug-likeness (QED) is 0.160. The Kier molecular flexibility index (Phi) is 8.09. The van der Waals surface area contributed by atoms with Crippen molar-refractivity contribution < 1.29 is 0 Å². The van der Waals surface area contributed by atoms with E-state index in [1.165, 1.54) is 75.5 Å². The maximum absolute atomic E-state index is 2.42. The van der Waals surface area contributed by atoms with E-state index in [1.54, 1.807) is 0 Å².